The van der Waals surface area contributed by atoms with Crippen LogP contribution in [0.25, 0.3) is 22.1 Å². The maximum absolute atomic E-state index is 12.0. The fraction of sp³-hybridized carbons (Fsp3) is 0.273. The smallest absolute Gasteiger partial charge is 0.248 e. The number of carbonyl (C=O) groups is 2. The third-order valence-corrected chi connectivity index (χ3v) is 5.90. The van der Waals surface area contributed by atoms with E-state index in [-0.39, 0.29) is 23.8 Å². The first-order valence-electron chi connectivity index (χ1n) is 10.8. The highest BCUT2D eigenvalue weighted by Crippen LogP contribution is 2.35. The standard InChI is InChI=1S/C22H25BrN8O5/c1-34-4-3-5-36-16-9-12(20(25)33)8-15-18(16)30(21(26)28-15)31-17-13(23)6-11(19(24)32)7-14(17)29-22(31)27-10-35-2/h6-9H,3-5,10H2,1-2H3,(H2,24,32)(H2,25,33)(H2,26,28)(H,27,29). The van der Waals surface area contributed by atoms with Crippen LogP contribution in [0.5, 0.6) is 5.75 Å². The number of methoxy groups -OCH3 is 2. The predicted molar refractivity (Wildman–Crippen MR) is 137 cm³/mol. The van der Waals surface area contributed by atoms with Gasteiger partial charge in [-0.3, -0.25) is 9.59 Å². The number of primary amides is 2. The number of nitrogens with zero attached hydrogens (tertiary/aromatic N) is 4. The highest BCUT2D eigenvalue weighted by atomic mass is 79.9. The molecule has 0 aliphatic rings. The maximum atomic E-state index is 12.0. The Kier molecular flexibility index (Phi) is 7.28. The van der Waals surface area contributed by atoms with Gasteiger partial charge in [-0.05, 0) is 40.2 Å². The molecule has 0 saturated carbocycles. The van der Waals surface area contributed by atoms with E-state index >= 15 is 0 Å². The molecule has 0 aliphatic heterocycles. The third kappa shape index (κ3) is 4.65. The molecule has 4 rings (SSSR count). The van der Waals surface area contributed by atoms with Crippen molar-refractivity contribution in [2.45, 2.75) is 6.42 Å². The van der Waals surface area contributed by atoms with E-state index in [2.05, 4.69) is 31.2 Å². The first-order chi connectivity index (χ1) is 17.3. The SMILES string of the molecule is COCCCOc1cc(C(N)=O)cc2nc(N)n(-n3c(NCOC)nc4cc(C(N)=O)cc(Br)c43)c12. The fourth-order valence-corrected chi connectivity index (χ4v) is 4.37. The quantitative estimate of drug-likeness (QED) is 0.156. The number of benzene rings is 2. The minimum atomic E-state index is -0.635. The second-order valence-corrected chi connectivity index (χ2v) is 8.58. The van der Waals surface area contributed by atoms with E-state index in [0.717, 1.165) is 0 Å². The molecule has 2 heterocycles. The van der Waals surface area contributed by atoms with Crippen molar-refractivity contribution in [3.8, 4) is 5.75 Å². The Labute approximate surface area is 213 Å². The second kappa shape index (κ2) is 10.4. The van der Waals surface area contributed by atoms with Crippen molar-refractivity contribution >= 4 is 61.7 Å². The number of aromatic nitrogens is 4. The predicted octanol–water partition coefficient (Wildman–Crippen LogP) is 1.67. The van der Waals surface area contributed by atoms with Gasteiger partial charge in [0.05, 0.1) is 17.6 Å². The number of halogens is 1. The molecule has 0 bridgehead atoms. The number of hydrogen-bond acceptors (Lipinski definition) is 9. The van der Waals surface area contributed by atoms with Gasteiger partial charge in [0.25, 0.3) is 0 Å². The van der Waals surface area contributed by atoms with Gasteiger partial charge in [-0.25, -0.2) is 19.3 Å². The van der Waals surface area contributed by atoms with Gasteiger partial charge in [0.2, 0.25) is 23.7 Å². The number of rotatable bonds is 11. The number of anilines is 2. The molecule has 14 heteroatoms. The molecular formula is C22H25BrN8O5. The largest absolute Gasteiger partial charge is 0.491 e. The summed E-state index contributed by atoms with van der Waals surface area (Å²) in [4.78, 5) is 32.9. The Morgan fingerprint density at radius 3 is 2.25 bits per heavy atom. The number of nitrogens with one attached hydrogen (secondary N) is 1. The summed E-state index contributed by atoms with van der Waals surface area (Å²) in [5, 5.41) is 3.07. The van der Waals surface area contributed by atoms with Crippen molar-refractivity contribution < 1.29 is 23.8 Å². The summed E-state index contributed by atoms with van der Waals surface area (Å²) in [5.74, 6) is -0.476. The summed E-state index contributed by atoms with van der Waals surface area (Å²) < 4.78 is 20.1. The maximum Gasteiger partial charge on any atom is 0.248 e. The van der Waals surface area contributed by atoms with Crippen LogP contribution in [0.3, 0.4) is 0 Å². The Morgan fingerprint density at radius 1 is 0.944 bits per heavy atom. The van der Waals surface area contributed by atoms with Crippen molar-refractivity contribution in [3.63, 3.8) is 0 Å². The summed E-state index contributed by atoms with van der Waals surface area (Å²) in [6, 6.07) is 6.23. The van der Waals surface area contributed by atoms with Crippen LogP contribution in [0.15, 0.2) is 28.7 Å². The molecule has 0 spiro atoms. The zero-order chi connectivity index (χ0) is 26.0. The lowest BCUT2D eigenvalue weighted by molar-refractivity contribution is 0.0991. The number of nitrogen functional groups attached to an aromatic ring is 1. The van der Waals surface area contributed by atoms with Crippen LogP contribution in [0.2, 0.25) is 0 Å². The Hall–Kier alpha value is -3.88. The van der Waals surface area contributed by atoms with Crippen LogP contribution in [-0.2, 0) is 9.47 Å². The van der Waals surface area contributed by atoms with Crippen LogP contribution in [0, 0.1) is 0 Å². The molecule has 2 amide bonds. The van der Waals surface area contributed by atoms with Crippen LogP contribution >= 0.6 is 15.9 Å². The summed E-state index contributed by atoms with van der Waals surface area (Å²) in [6.07, 6.45) is 0.610. The number of ether oxygens (including phenoxy) is 3. The number of fused-ring (bicyclic) bond motifs is 2. The zero-order valence-electron chi connectivity index (χ0n) is 19.6. The minimum Gasteiger partial charge on any atom is -0.491 e. The molecule has 0 radical (unpaired) electrons. The molecule has 0 saturated heterocycles. The van der Waals surface area contributed by atoms with Crippen LogP contribution in [-0.4, -0.2) is 65.3 Å². The lowest BCUT2D eigenvalue weighted by Crippen LogP contribution is -2.18. The molecule has 190 valence electrons. The molecular weight excluding hydrogens is 536 g/mol. The van der Waals surface area contributed by atoms with Gasteiger partial charge in [-0.1, -0.05) is 0 Å². The Bertz CT molecular complexity index is 1460. The molecule has 0 atom stereocenters. The van der Waals surface area contributed by atoms with Crippen molar-refractivity contribution in [3.05, 3.63) is 39.9 Å². The monoisotopic (exact) mass is 560 g/mol. The van der Waals surface area contributed by atoms with Crippen LogP contribution < -0.4 is 27.3 Å². The molecule has 2 aromatic carbocycles. The van der Waals surface area contributed by atoms with E-state index in [9.17, 15) is 9.59 Å². The third-order valence-electron chi connectivity index (χ3n) is 5.29. The van der Waals surface area contributed by atoms with E-state index in [1.807, 2.05) is 0 Å². The van der Waals surface area contributed by atoms with Gasteiger partial charge in [-0.2, -0.15) is 0 Å². The number of amides is 2. The average molecular weight is 561 g/mol. The van der Waals surface area contributed by atoms with Crippen molar-refractivity contribution in [1.29, 1.82) is 0 Å². The van der Waals surface area contributed by atoms with E-state index in [1.165, 1.54) is 19.2 Å². The normalized spacial score (nSPS) is 11.3. The fourth-order valence-electron chi connectivity index (χ4n) is 3.75. The summed E-state index contributed by atoms with van der Waals surface area (Å²) >= 11 is 3.52. The summed E-state index contributed by atoms with van der Waals surface area (Å²) in [7, 11) is 3.13. The molecule has 0 fully saturated rings. The van der Waals surface area contributed by atoms with Crippen LogP contribution in [0.1, 0.15) is 27.1 Å². The molecule has 7 N–H and O–H groups in total. The molecule has 0 unspecified atom stereocenters. The number of hydrogen-bond donors (Lipinski definition) is 4. The van der Waals surface area contributed by atoms with Gasteiger partial charge in [0, 0.05) is 42.8 Å². The summed E-state index contributed by atoms with van der Waals surface area (Å²) in [5.41, 5.74) is 19.8. The van der Waals surface area contributed by atoms with Crippen LogP contribution in [0.4, 0.5) is 11.9 Å². The van der Waals surface area contributed by atoms with Gasteiger partial charge in [-0.15, -0.1) is 0 Å². The van der Waals surface area contributed by atoms with Gasteiger partial charge in [0.1, 0.15) is 23.5 Å². The molecule has 36 heavy (non-hydrogen) atoms. The zero-order valence-corrected chi connectivity index (χ0v) is 21.2. The van der Waals surface area contributed by atoms with Gasteiger partial charge >= 0.3 is 0 Å². The Morgan fingerprint density at radius 2 is 1.61 bits per heavy atom. The molecule has 4 aromatic rings. The van der Waals surface area contributed by atoms with Crippen molar-refractivity contribution in [1.82, 2.24) is 19.3 Å². The van der Waals surface area contributed by atoms with E-state index < -0.39 is 11.8 Å². The molecule has 13 nitrogen and oxygen atoms in total. The minimum absolute atomic E-state index is 0.0824. The first-order valence-corrected chi connectivity index (χ1v) is 11.5. The van der Waals surface area contributed by atoms with Gasteiger partial charge < -0.3 is 36.7 Å². The highest BCUT2D eigenvalue weighted by molar-refractivity contribution is 9.10. The number of carbonyl (C=O) groups excluding carboxylic acids is 2. The van der Waals surface area contributed by atoms with Gasteiger partial charge in [0.15, 0.2) is 0 Å². The van der Waals surface area contributed by atoms with E-state index in [0.29, 0.717) is 57.9 Å². The highest BCUT2D eigenvalue weighted by Gasteiger charge is 2.24. The number of imidazole rings is 2. The van der Waals surface area contributed by atoms with E-state index in [1.54, 1.807) is 28.6 Å². The summed E-state index contributed by atoms with van der Waals surface area (Å²) in [6.45, 7) is 0.927. The van der Waals surface area contributed by atoms with Crippen molar-refractivity contribution in [2.75, 3.05) is 45.2 Å². The first kappa shape index (κ1) is 25.2. The topological polar surface area (TPSA) is 188 Å². The number of nitrogens with two attached hydrogens (primary N) is 3. The lowest BCUT2D eigenvalue weighted by atomic mass is 10.1. The second-order valence-electron chi connectivity index (χ2n) is 7.73. The van der Waals surface area contributed by atoms with E-state index in [4.69, 9.17) is 31.4 Å². The molecule has 0 aliphatic carbocycles. The molecule has 2 aromatic heterocycles. The van der Waals surface area contributed by atoms with Crippen molar-refractivity contribution in [2.24, 2.45) is 11.5 Å². The Balaban J connectivity index is 2.02. The average Bonchev–Trinajstić information content (AvgIpc) is 3.36. The lowest BCUT2D eigenvalue weighted by Gasteiger charge is -2.16.